The fourth-order valence-corrected chi connectivity index (χ4v) is 6.44. The van der Waals surface area contributed by atoms with Gasteiger partial charge < -0.3 is 10.0 Å². The molecule has 10 heteroatoms. The van der Waals surface area contributed by atoms with Gasteiger partial charge in [0.2, 0.25) is 5.95 Å². The average Bonchev–Trinajstić information content (AvgIpc) is 3.04. The molecule has 3 atom stereocenters. The van der Waals surface area contributed by atoms with E-state index in [1.807, 2.05) is 24.8 Å². The first-order valence-electron chi connectivity index (χ1n) is 11.7. The summed E-state index contributed by atoms with van der Waals surface area (Å²) in [4.78, 5) is 10.1. The molecule has 0 radical (unpaired) electrons. The number of hydrogen-bond donors (Lipinski definition) is 1. The number of halogens is 3. The number of fused-ring (bicyclic) bond motifs is 3. The molecule has 4 rings (SSSR count). The zero-order valence-corrected chi connectivity index (χ0v) is 21.0. The molecule has 2 aromatic rings. The van der Waals surface area contributed by atoms with E-state index in [0.29, 0.717) is 18.5 Å². The second kappa shape index (κ2) is 9.20. The SMILES string of the molecule is CC(C)C1C2=Cc3cc(CO)c(S(C)(=O)=O)cc3C(C)C(CCN1c1nccc(C(F)(F)F)n1)C2. The Kier molecular flexibility index (Phi) is 6.74. The van der Waals surface area contributed by atoms with Crippen molar-refractivity contribution in [2.45, 2.75) is 63.3 Å². The first-order chi connectivity index (χ1) is 16.3. The van der Waals surface area contributed by atoms with E-state index in [1.54, 1.807) is 12.1 Å². The first-order valence-corrected chi connectivity index (χ1v) is 13.6. The molecule has 0 amide bonds. The van der Waals surface area contributed by atoms with Crippen molar-refractivity contribution in [2.75, 3.05) is 17.7 Å². The number of alkyl halides is 3. The third-order valence-electron chi connectivity index (χ3n) is 7.15. The zero-order chi connectivity index (χ0) is 25.7. The number of anilines is 1. The van der Waals surface area contributed by atoms with E-state index in [2.05, 4.69) is 16.9 Å². The lowest BCUT2D eigenvalue weighted by Gasteiger charge is -2.35. The van der Waals surface area contributed by atoms with Crippen LogP contribution < -0.4 is 4.90 Å². The molecule has 1 aliphatic carbocycles. The van der Waals surface area contributed by atoms with Crippen molar-refractivity contribution in [1.29, 1.82) is 0 Å². The van der Waals surface area contributed by atoms with Crippen molar-refractivity contribution >= 4 is 21.9 Å². The lowest BCUT2D eigenvalue weighted by molar-refractivity contribution is -0.141. The molecule has 2 aliphatic rings. The Labute approximate surface area is 203 Å². The summed E-state index contributed by atoms with van der Waals surface area (Å²) in [6.45, 7) is 6.18. The van der Waals surface area contributed by atoms with Gasteiger partial charge in [0.15, 0.2) is 9.84 Å². The Morgan fingerprint density at radius 1 is 1.26 bits per heavy atom. The molecule has 1 aliphatic heterocycles. The molecule has 1 N–H and O–H groups in total. The fourth-order valence-electron chi connectivity index (χ4n) is 5.50. The normalized spacial score (nSPS) is 22.9. The van der Waals surface area contributed by atoms with Gasteiger partial charge in [0.05, 0.1) is 17.5 Å². The highest BCUT2D eigenvalue weighted by Crippen LogP contribution is 2.45. The summed E-state index contributed by atoms with van der Waals surface area (Å²) in [5.74, 6) is 0.290. The number of aliphatic hydroxyl groups excluding tert-OH is 1. The van der Waals surface area contributed by atoms with Gasteiger partial charge in [-0.1, -0.05) is 26.8 Å². The summed E-state index contributed by atoms with van der Waals surface area (Å²) < 4.78 is 64.9. The van der Waals surface area contributed by atoms with Crippen LogP contribution in [0.25, 0.3) is 6.08 Å². The molecule has 2 heterocycles. The van der Waals surface area contributed by atoms with Crippen LogP contribution in [0, 0.1) is 11.8 Å². The van der Waals surface area contributed by atoms with Crippen molar-refractivity contribution in [1.82, 2.24) is 9.97 Å². The van der Waals surface area contributed by atoms with E-state index in [9.17, 15) is 26.7 Å². The standard InChI is InChI=1S/C25H30F3N3O3S/c1-14(2)23-18-9-16(6-8-31(23)24-29-7-5-22(30-24)25(26,27)28)15(3)20-12-21(35(4,33)34)19(13-32)11-17(20)10-18/h5,7,10-12,14-16,23,32H,6,8-9,13H2,1-4H3. The lowest BCUT2D eigenvalue weighted by atomic mass is 9.82. The maximum atomic E-state index is 13.4. The average molecular weight is 510 g/mol. The van der Waals surface area contributed by atoms with Crippen molar-refractivity contribution < 1.29 is 26.7 Å². The van der Waals surface area contributed by atoms with Gasteiger partial charge in [-0.3, -0.25) is 0 Å². The van der Waals surface area contributed by atoms with Gasteiger partial charge in [-0.15, -0.1) is 0 Å². The minimum atomic E-state index is -4.56. The summed E-state index contributed by atoms with van der Waals surface area (Å²) >= 11 is 0. The maximum absolute atomic E-state index is 13.4. The summed E-state index contributed by atoms with van der Waals surface area (Å²) in [6, 6.07) is 4.07. The Morgan fingerprint density at radius 2 is 1.97 bits per heavy atom. The van der Waals surface area contributed by atoms with Gasteiger partial charge in [0.25, 0.3) is 0 Å². The molecule has 35 heavy (non-hydrogen) atoms. The number of hydrogen-bond acceptors (Lipinski definition) is 6. The number of aliphatic hydroxyl groups is 1. The molecule has 0 spiro atoms. The van der Waals surface area contributed by atoms with Gasteiger partial charge in [-0.2, -0.15) is 13.2 Å². The van der Waals surface area contributed by atoms with E-state index < -0.39 is 28.3 Å². The number of aromatic nitrogens is 2. The number of benzene rings is 1. The van der Waals surface area contributed by atoms with Crippen molar-refractivity contribution in [3.05, 3.63) is 52.4 Å². The zero-order valence-electron chi connectivity index (χ0n) is 20.2. The Bertz CT molecular complexity index is 1260. The van der Waals surface area contributed by atoms with Crippen LogP contribution in [0.4, 0.5) is 19.1 Å². The molecule has 6 nitrogen and oxygen atoms in total. The lowest BCUT2D eigenvalue weighted by Crippen LogP contribution is -2.41. The summed E-state index contributed by atoms with van der Waals surface area (Å²) in [6.07, 6.45) is 1.17. The quantitative estimate of drug-likeness (QED) is 0.636. The van der Waals surface area contributed by atoms with Crippen molar-refractivity contribution in [3.63, 3.8) is 0 Å². The van der Waals surface area contributed by atoms with E-state index >= 15 is 0 Å². The highest BCUT2D eigenvalue weighted by Gasteiger charge is 2.39. The number of rotatable bonds is 4. The summed E-state index contributed by atoms with van der Waals surface area (Å²) in [5, 5.41) is 9.87. The molecule has 1 aromatic carbocycles. The number of nitrogens with zero attached hydrogens (tertiary/aromatic N) is 3. The Morgan fingerprint density at radius 3 is 2.57 bits per heavy atom. The van der Waals surface area contributed by atoms with Crippen LogP contribution in [0.2, 0.25) is 0 Å². The van der Waals surface area contributed by atoms with Gasteiger partial charge in [-0.05, 0) is 71.1 Å². The molecule has 1 saturated heterocycles. The van der Waals surface area contributed by atoms with Crippen LogP contribution in [-0.2, 0) is 22.6 Å². The minimum absolute atomic E-state index is 0.0159. The molecule has 3 unspecified atom stereocenters. The molecule has 0 saturated carbocycles. The highest BCUT2D eigenvalue weighted by molar-refractivity contribution is 7.90. The largest absolute Gasteiger partial charge is 0.433 e. The van der Waals surface area contributed by atoms with Crippen LogP contribution >= 0.6 is 0 Å². The van der Waals surface area contributed by atoms with Gasteiger partial charge in [0.1, 0.15) is 5.69 Å². The minimum Gasteiger partial charge on any atom is -0.392 e. The van der Waals surface area contributed by atoms with Crippen LogP contribution in [0.3, 0.4) is 0 Å². The van der Waals surface area contributed by atoms with Crippen LogP contribution in [0.5, 0.6) is 0 Å². The van der Waals surface area contributed by atoms with E-state index in [-0.39, 0.29) is 34.6 Å². The van der Waals surface area contributed by atoms with E-state index in [1.165, 1.54) is 0 Å². The maximum Gasteiger partial charge on any atom is 0.433 e. The molecular weight excluding hydrogens is 479 g/mol. The Balaban J connectivity index is 1.87. The molecular formula is C25H30F3N3O3S. The van der Waals surface area contributed by atoms with Gasteiger partial charge in [-0.25, -0.2) is 18.4 Å². The van der Waals surface area contributed by atoms with Gasteiger partial charge in [0, 0.05) is 19.0 Å². The van der Waals surface area contributed by atoms with Crippen molar-refractivity contribution in [2.24, 2.45) is 11.8 Å². The van der Waals surface area contributed by atoms with Crippen LogP contribution in [-0.4, -0.2) is 42.3 Å². The topological polar surface area (TPSA) is 83.4 Å². The number of sulfone groups is 1. The highest BCUT2D eigenvalue weighted by atomic mass is 32.2. The summed E-state index contributed by atoms with van der Waals surface area (Å²) in [5.41, 5.74) is 2.16. The van der Waals surface area contributed by atoms with Gasteiger partial charge >= 0.3 is 6.18 Å². The fraction of sp³-hybridized carbons (Fsp3) is 0.520. The Hall–Kier alpha value is -2.46. The molecule has 2 bridgehead atoms. The van der Waals surface area contributed by atoms with E-state index in [0.717, 1.165) is 41.6 Å². The predicted octanol–water partition coefficient (Wildman–Crippen LogP) is 4.83. The van der Waals surface area contributed by atoms with Crippen molar-refractivity contribution in [3.8, 4) is 0 Å². The van der Waals surface area contributed by atoms with Crippen LogP contribution in [0.15, 0.2) is 34.9 Å². The first kappa shape index (κ1) is 25.6. The second-order valence-corrected chi connectivity index (χ2v) is 11.9. The summed E-state index contributed by atoms with van der Waals surface area (Å²) in [7, 11) is -3.53. The smallest absolute Gasteiger partial charge is 0.392 e. The second-order valence-electron chi connectivity index (χ2n) is 9.90. The monoisotopic (exact) mass is 509 g/mol. The molecule has 1 aromatic heterocycles. The van der Waals surface area contributed by atoms with Crippen LogP contribution in [0.1, 0.15) is 61.9 Å². The van der Waals surface area contributed by atoms with E-state index in [4.69, 9.17) is 0 Å². The third-order valence-corrected chi connectivity index (χ3v) is 8.33. The molecule has 190 valence electrons. The molecule has 1 fully saturated rings. The predicted molar refractivity (Wildman–Crippen MR) is 128 cm³/mol. The third kappa shape index (κ3) is 4.95.